The molecular formula is C13H25N3O2S2. The van der Waals surface area contributed by atoms with E-state index >= 15 is 0 Å². The number of aryl methyl sites for hydroxylation is 1. The number of nitrogens with zero attached hydrogens (tertiary/aromatic N) is 2. The number of rotatable bonds is 8. The molecule has 20 heavy (non-hydrogen) atoms. The van der Waals surface area contributed by atoms with Gasteiger partial charge in [0.25, 0.3) is 0 Å². The molecule has 0 aromatic carbocycles. The standard InChI is InChI=1S/C13H25N3O2S2/c1-10(2)9-14-8-6-7-11-15-16-12(19-11)13(3,4)20(5,17)18/h10,14H,6-9H2,1-5H3. The molecule has 1 rings (SSSR count). The topological polar surface area (TPSA) is 72.0 Å². The minimum Gasteiger partial charge on any atom is -0.316 e. The summed E-state index contributed by atoms with van der Waals surface area (Å²) in [5.41, 5.74) is 0. The fourth-order valence-corrected chi connectivity index (χ4v) is 3.33. The van der Waals surface area contributed by atoms with Crippen LogP contribution in [0.25, 0.3) is 0 Å². The van der Waals surface area contributed by atoms with Crippen molar-refractivity contribution in [2.75, 3.05) is 19.3 Å². The smallest absolute Gasteiger partial charge is 0.159 e. The van der Waals surface area contributed by atoms with Gasteiger partial charge in [-0.25, -0.2) is 8.42 Å². The summed E-state index contributed by atoms with van der Waals surface area (Å²) < 4.78 is 22.5. The van der Waals surface area contributed by atoms with E-state index in [1.807, 2.05) is 0 Å². The van der Waals surface area contributed by atoms with Crippen molar-refractivity contribution >= 4 is 21.2 Å². The van der Waals surface area contributed by atoms with Crippen LogP contribution in [0.1, 0.15) is 44.1 Å². The third-order valence-electron chi connectivity index (χ3n) is 3.21. The van der Waals surface area contributed by atoms with Crippen LogP contribution in [0.4, 0.5) is 0 Å². The highest BCUT2D eigenvalue weighted by Crippen LogP contribution is 2.31. The molecule has 1 N–H and O–H groups in total. The van der Waals surface area contributed by atoms with E-state index in [4.69, 9.17) is 0 Å². The molecule has 7 heteroatoms. The van der Waals surface area contributed by atoms with Crippen molar-refractivity contribution in [3.05, 3.63) is 10.0 Å². The van der Waals surface area contributed by atoms with Crippen LogP contribution >= 0.6 is 11.3 Å². The van der Waals surface area contributed by atoms with Gasteiger partial charge in [0.05, 0.1) is 0 Å². The van der Waals surface area contributed by atoms with Crippen LogP contribution in [-0.2, 0) is 21.0 Å². The molecule has 0 saturated heterocycles. The predicted molar refractivity (Wildman–Crippen MR) is 83.8 cm³/mol. The number of hydrogen-bond donors (Lipinski definition) is 1. The van der Waals surface area contributed by atoms with E-state index in [-0.39, 0.29) is 0 Å². The third kappa shape index (κ3) is 4.79. The predicted octanol–water partition coefficient (Wildman–Crippen LogP) is 2.00. The Kier molecular flexibility index (Phi) is 6.09. The molecule has 116 valence electrons. The van der Waals surface area contributed by atoms with E-state index in [0.29, 0.717) is 10.9 Å². The first-order chi connectivity index (χ1) is 9.14. The molecule has 1 heterocycles. The first-order valence-electron chi connectivity index (χ1n) is 6.87. The molecule has 0 amide bonds. The number of aromatic nitrogens is 2. The highest BCUT2D eigenvalue weighted by molar-refractivity contribution is 7.91. The zero-order chi connectivity index (χ0) is 15.4. The number of sulfone groups is 1. The lowest BCUT2D eigenvalue weighted by molar-refractivity contribution is 0.542. The van der Waals surface area contributed by atoms with E-state index < -0.39 is 14.6 Å². The van der Waals surface area contributed by atoms with Crippen molar-refractivity contribution in [1.29, 1.82) is 0 Å². The zero-order valence-electron chi connectivity index (χ0n) is 12.9. The van der Waals surface area contributed by atoms with Crippen LogP contribution in [0.15, 0.2) is 0 Å². The average molecular weight is 319 g/mol. The van der Waals surface area contributed by atoms with E-state index in [1.54, 1.807) is 13.8 Å². The highest BCUT2D eigenvalue weighted by Gasteiger charge is 2.35. The van der Waals surface area contributed by atoms with E-state index in [0.717, 1.165) is 30.9 Å². The molecule has 1 aromatic heterocycles. The Hall–Kier alpha value is -0.530. The molecule has 5 nitrogen and oxygen atoms in total. The second kappa shape index (κ2) is 6.95. The maximum atomic E-state index is 11.8. The van der Waals surface area contributed by atoms with E-state index in [2.05, 4.69) is 29.4 Å². The molecule has 1 aromatic rings. The molecule has 0 atom stereocenters. The summed E-state index contributed by atoms with van der Waals surface area (Å²) in [5, 5.41) is 13.0. The van der Waals surface area contributed by atoms with Crippen LogP contribution in [-0.4, -0.2) is 38.0 Å². The minimum atomic E-state index is -3.19. The van der Waals surface area contributed by atoms with Gasteiger partial charge < -0.3 is 5.32 Å². The van der Waals surface area contributed by atoms with E-state index in [1.165, 1.54) is 17.6 Å². The Balaban J connectivity index is 2.52. The first-order valence-corrected chi connectivity index (χ1v) is 9.58. The maximum Gasteiger partial charge on any atom is 0.159 e. The molecule has 0 saturated carbocycles. The highest BCUT2D eigenvalue weighted by atomic mass is 32.2. The second-order valence-electron chi connectivity index (χ2n) is 5.98. The summed E-state index contributed by atoms with van der Waals surface area (Å²) in [4.78, 5) is 0. The fraction of sp³-hybridized carbons (Fsp3) is 0.846. The Bertz CT molecular complexity index is 521. The van der Waals surface area contributed by atoms with E-state index in [9.17, 15) is 8.42 Å². The maximum absolute atomic E-state index is 11.8. The molecule has 0 aliphatic rings. The Morgan fingerprint density at radius 3 is 2.50 bits per heavy atom. The fourth-order valence-electron chi connectivity index (χ4n) is 1.51. The SMILES string of the molecule is CC(C)CNCCCc1nnc(C(C)(C)S(C)(=O)=O)s1. The van der Waals surface area contributed by atoms with Gasteiger partial charge in [-0.1, -0.05) is 25.2 Å². The third-order valence-corrected chi connectivity index (χ3v) is 6.69. The monoisotopic (exact) mass is 319 g/mol. The van der Waals surface area contributed by atoms with Crippen molar-refractivity contribution in [2.45, 2.75) is 45.3 Å². The van der Waals surface area contributed by atoms with Gasteiger partial charge in [0.1, 0.15) is 14.8 Å². The largest absolute Gasteiger partial charge is 0.316 e. The van der Waals surface area contributed by atoms with Gasteiger partial charge in [0.2, 0.25) is 0 Å². The van der Waals surface area contributed by atoms with Gasteiger partial charge in [0, 0.05) is 12.7 Å². The van der Waals surface area contributed by atoms with Gasteiger partial charge >= 0.3 is 0 Å². The number of nitrogens with one attached hydrogen (secondary N) is 1. The molecule has 0 aliphatic carbocycles. The number of hydrogen-bond acceptors (Lipinski definition) is 6. The molecule has 0 unspecified atom stereocenters. The normalized spacial score (nSPS) is 13.1. The first kappa shape index (κ1) is 17.5. The summed E-state index contributed by atoms with van der Waals surface area (Å²) in [6.07, 6.45) is 3.06. The Morgan fingerprint density at radius 2 is 1.95 bits per heavy atom. The van der Waals surface area contributed by atoms with Crippen molar-refractivity contribution in [1.82, 2.24) is 15.5 Å². The molecule has 0 radical (unpaired) electrons. The quantitative estimate of drug-likeness (QED) is 0.742. The lowest BCUT2D eigenvalue weighted by Crippen LogP contribution is -2.27. The zero-order valence-corrected chi connectivity index (χ0v) is 14.6. The molecule has 0 bridgehead atoms. The van der Waals surface area contributed by atoms with Gasteiger partial charge in [-0.05, 0) is 39.3 Å². The summed E-state index contributed by atoms with van der Waals surface area (Å²) in [6, 6.07) is 0. The van der Waals surface area contributed by atoms with Gasteiger partial charge in [-0.2, -0.15) is 0 Å². The summed E-state index contributed by atoms with van der Waals surface area (Å²) in [5.74, 6) is 0.652. The Morgan fingerprint density at radius 1 is 1.30 bits per heavy atom. The van der Waals surface area contributed by atoms with Crippen LogP contribution in [0, 0.1) is 5.92 Å². The van der Waals surface area contributed by atoms with Gasteiger partial charge in [-0.15, -0.1) is 10.2 Å². The lowest BCUT2D eigenvalue weighted by atomic mass is 10.2. The van der Waals surface area contributed by atoms with Crippen molar-refractivity contribution in [3.8, 4) is 0 Å². The van der Waals surface area contributed by atoms with Crippen LogP contribution in [0.3, 0.4) is 0 Å². The van der Waals surface area contributed by atoms with Gasteiger partial charge in [0.15, 0.2) is 9.84 Å². The lowest BCUT2D eigenvalue weighted by Gasteiger charge is -2.18. The van der Waals surface area contributed by atoms with Crippen LogP contribution in [0.5, 0.6) is 0 Å². The van der Waals surface area contributed by atoms with Crippen LogP contribution in [0.2, 0.25) is 0 Å². The van der Waals surface area contributed by atoms with Crippen molar-refractivity contribution < 1.29 is 8.42 Å². The molecule has 0 spiro atoms. The average Bonchev–Trinajstić information content (AvgIpc) is 2.75. The molecule has 0 aliphatic heterocycles. The second-order valence-corrected chi connectivity index (χ2v) is 9.61. The van der Waals surface area contributed by atoms with Crippen LogP contribution < -0.4 is 5.32 Å². The van der Waals surface area contributed by atoms with Crippen molar-refractivity contribution in [3.63, 3.8) is 0 Å². The Labute approximate surface area is 126 Å². The van der Waals surface area contributed by atoms with Gasteiger partial charge in [-0.3, -0.25) is 0 Å². The summed E-state index contributed by atoms with van der Waals surface area (Å²) in [7, 11) is -3.19. The summed E-state index contributed by atoms with van der Waals surface area (Å²) in [6.45, 7) is 9.67. The van der Waals surface area contributed by atoms with Crippen molar-refractivity contribution in [2.24, 2.45) is 5.92 Å². The summed E-state index contributed by atoms with van der Waals surface area (Å²) >= 11 is 1.40. The molecule has 0 fully saturated rings. The minimum absolute atomic E-state index is 0.574. The molecular weight excluding hydrogens is 294 g/mol.